The van der Waals surface area contributed by atoms with E-state index in [9.17, 15) is 14.4 Å². The van der Waals surface area contributed by atoms with Gasteiger partial charge in [-0.2, -0.15) is 0 Å². The average Bonchev–Trinajstić information content (AvgIpc) is 2.75. The van der Waals surface area contributed by atoms with Gasteiger partial charge >= 0.3 is 5.97 Å². The minimum atomic E-state index is -0.470. The van der Waals surface area contributed by atoms with Crippen molar-refractivity contribution in [1.29, 1.82) is 0 Å². The molecule has 0 atom stereocenters. The van der Waals surface area contributed by atoms with E-state index >= 15 is 0 Å². The zero-order valence-electron chi connectivity index (χ0n) is 17.2. The molecule has 0 saturated heterocycles. The summed E-state index contributed by atoms with van der Waals surface area (Å²) in [6, 6.07) is 20.4. The summed E-state index contributed by atoms with van der Waals surface area (Å²) in [5, 5.41) is 5.61. The van der Waals surface area contributed by atoms with Gasteiger partial charge < -0.3 is 20.1 Å². The minimum absolute atomic E-state index is 0.177. The first kappa shape index (κ1) is 21.6. The van der Waals surface area contributed by atoms with Gasteiger partial charge in [-0.3, -0.25) is 14.4 Å². The molecule has 0 aromatic heterocycles. The number of amides is 2. The summed E-state index contributed by atoms with van der Waals surface area (Å²) in [4.78, 5) is 36.3. The van der Waals surface area contributed by atoms with Gasteiger partial charge in [0, 0.05) is 12.5 Å². The Bertz CT molecular complexity index is 1090. The monoisotopic (exact) mass is 418 g/mol. The molecule has 0 bridgehead atoms. The molecule has 2 amide bonds. The standard InChI is InChI=1S/C24H22N2O5/c1-16(27)31-20-7-5-6-18(15-20)24(29)26-22-9-4-3-8-21(22)25-23(28)14-17-10-12-19(30-2)13-11-17/h3-13,15H,14H2,1-2H3,(H,25,28)(H,26,29). The van der Waals surface area contributed by atoms with Crippen LogP contribution in [0.1, 0.15) is 22.8 Å². The van der Waals surface area contributed by atoms with Gasteiger partial charge in [0.2, 0.25) is 5.91 Å². The zero-order valence-corrected chi connectivity index (χ0v) is 17.2. The van der Waals surface area contributed by atoms with E-state index in [0.29, 0.717) is 16.9 Å². The number of esters is 1. The van der Waals surface area contributed by atoms with Crippen LogP contribution in [0.2, 0.25) is 0 Å². The number of rotatable bonds is 7. The Kier molecular flexibility index (Phi) is 7.01. The van der Waals surface area contributed by atoms with Crippen LogP contribution in [0.25, 0.3) is 0 Å². The molecule has 0 aliphatic heterocycles. The summed E-state index contributed by atoms with van der Waals surface area (Å²) in [5.41, 5.74) is 2.08. The van der Waals surface area contributed by atoms with E-state index in [1.807, 2.05) is 12.1 Å². The third kappa shape index (κ3) is 6.17. The van der Waals surface area contributed by atoms with Crippen LogP contribution >= 0.6 is 0 Å². The van der Waals surface area contributed by atoms with Gasteiger partial charge in [-0.1, -0.05) is 30.3 Å². The van der Waals surface area contributed by atoms with Crippen LogP contribution in [0.5, 0.6) is 11.5 Å². The second-order valence-corrected chi connectivity index (χ2v) is 6.69. The van der Waals surface area contributed by atoms with Gasteiger partial charge in [0.25, 0.3) is 5.91 Å². The minimum Gasteiger partial charge on any atom is -0.497 e. The van der Waals surface area contributed by atoms with Crippen LogP contribution in [0.4, 0.5) is 11.4 Å². The summed E-state index contributed by atoms with van der Waals surface area (Å²) in [7, 11) is 1.58. The largest absolute Gasteiger partial charge is 0.497 e. The lowest BCUT2D eigenvalue weighted by Crippen LogP contribution is -2.18. The van der Waals surface area contributed by atoms with Crippen LogP contribution in [-0.4, -0.2) is 24.9 Å². The number of hydrogen-bond donors (Lipinski definition) is 2. The van der Waals surface area contributed by atoms with Gasteiger partial charge in [-0.25, -0.2) is 0 Å². The van der Waals surface area contributed by atoms with Crippen molar-refractivity contribution in [2.75, 3.05) is 17.7 Å². The molecular weight excluding hydrogens is 396 g/mol. The summed E-state index contributed by atoms with van der Waals surface area (Å²) in [5.74, 6) is -0.0896. The highest BCUT2D eigenvalue weighted by Crippen LogP contribution is 2.23. The zero-order chi connectivity index (χ0) is 22.2. The number of para-hydroxylation sites is 2. The van der Waals surface area contributed by atoms with Crippen LogP contribution in [-0.2, 0) is 16.0 Å². The first-order valence-electron chi connectivity index (χ1n) is 9.56. The molecule has 0 unspecified atom stereocenters. The van der Waals surface area contributed by atoms with Crippen molar-refractivity contribution in [2.45, 2.75) is 13.3 Å². The Morgan fingerprint density at radius 2 is 1.48 bits per heavy atom. The Morgan fingerprint density at radius 1 is 0.806 bits per heavy atom. The lowest BCUT2D eigenvalue weighted by Gasteiger charge is -2.13. The molecule has 0 fully saturated rings. The molecule has 3 aromatic rings. The third-order valence-electron chi connectivity index (χ3n) is 4.33. The number of carbonyl (C=O) groups excluding carboxylic acids is 3. The molecule has 0 heterocycles. The predicted molar refractivity (Wildman–Crippen MR) is 117 cm³/mol. The van der Waals surface area contributed by atoms with Crippen molar-refractivity contribution in [3.05, 3.63) is 83.9 Å². The number of nitrogens with one attached hydrogen (secondary N) is 2. The highest BCUT2D eigenvalue weighted by molar-refractivity contribution is 6.07. The van der Waals surface area contributed by atoms with Gasteiger partial charge in [0.1, 0.15) is 11.5 Å². The lowest BCUT2D eigenvalue weighted by molar-refractivity contribution is -0.131. The fourth-order valence-corrected chi connectivity index (χ4v) is 2.89. The number of ether oxygens (including phenoxy) is 2. The van der Waals surface area contributed by atoms with Crippen LogP contribution in [0.15, 0.2) is 72.8 Å². The van der Waals surface area contributed by atoms with Gasteiger partial charge in [0.05, 0.1) is 24.9 Å². The van der Waals surface area contributed by atoms with E-state index in [2.05, 4.69) is 10.6 Å². The summed E-state index contributed by atoms with van der Waals surface area (Å²) >= 11 is 0. The lowest BCUT2D eigenvalue weighted by atomic mass is 10.1. The maximum absolute atomic E-state index is 12.7. The van der Waals surface area contributed by atoms with Crippen molar-refractivity contribution in [2.24, 2.45) is 0 Å². The van der Waals surface area contributed by atoms with Gasteiger partial charge in [-0.05, 0) is 48.0 Å². The number of hydrogen-bond acceptors (Lipinski definition) is 5. The molecule has 0 aliphatic carbocycles. The normalized spacial score (nSPS) is 10.1. The summed E-state index contributed by atoms with van der Waals surface area (Å²) in [6.07, 6.45) is 0.177. The molecule has 158 valence electrons. The molecule has 0 aliphatic rings. The van der Waals surface area contributed by atoms with Crippen molar-refractivity contribution < 1.29 is 23.9 Å². The predicted octanol–water partition coefficient (Wildman–Crippen LogP) is 4.05. The van der Waals surface area contributed by atoms with E-state index in [1.165, 1.54) is 13.0 Å². The molecule has 0 spiro atoms. The third-order valence-corrected chi connectivity index (χ3v) is 4.33. The second kappa shape index (κ2) is 10.1. The number of methoxy groups -OCH3 is 1. The molecule has 0 radical (unpaired) electrons. The topological polar surface area (TPSA) is 93.7 Å². The molecule has 31 heavy (non-hydrogen) atoms. The molecule has 3 aromatic carbocycles. The van der Waals surface area contributed by atoms with Crippen molar-refractivity contribution in [3.8, 4) is 11.5 Å². The Hall–Kier alpha value is -4.13. The van der Waals surface area contributed by atoms with E-state index in [0.717, 1.165) is 11.3 Å². The quantitative estimate of drug-likeness (QED) is 0.446. The number of anilines is 2. The molecule has 7 nitrogen and oxygen atoms in total. The van der Waals surface area contributed by atoms with Crippen LogP contribution in [0.3, 0.4) is 0 Å². The van der Waals surface area contributed by atoms with Crippen molar-refractivity contribution in [1.82, 2.24) is 0 Å². The van der Waals surface area contributed by atoms with E-state index in [4.69, 9.17) is 9.47 Å². The van der Waals surface area contributed by atoms with Gasteiger partial charge in [0.15, 0.2) is 0 Å². The Morgan fingerprint density at radius 3 is 2.13 bits per heavy atom. The smallest absolute Gasteiger partial charge is 0.308 e. The van der Waals surface area contributed by atoms with Gasteiger partial charge in [-0.15, -0.1) is 0 Å². The highest BCUT2D eigenvalue weighted by Gasteiger charge is 2.12. The number of carbonyl (C=O) groups is 3. The molecular formula is C24H22N2O5. The molecule has 3 rings (SSSR count). The van der Waals surface area contributed by atoms with Crippen molar-refractivity contribution in [3.63, 3.8) is 0 Å². The first-order chi connectivity index (χ1) is 14.9. The Balaban J connectivity index is 1.69. The summed E-state index contributed by atoms with van der Waals surface area (Å²) in [6.45, 7) is 1.29. The highest BCUT2D eigenvalue weighted by atomic mass is 16.5. The Labute approximate surface area is 180 Å². The maximum Gasteiger partial charge on any atom is 0.308 e. The molecule has 2 N–H and O–H groups in total. The fraction of sp³-hybridized carbons (Fsp3) is 0.125. The van der Waals surface area contributed by atoms with E-state index < -0.39 is 11.9 Å². The molecule has 0 saturated carbocycles. The number of benzene rings is 3. The van der Waals surface area contributed by atoms with Crippen molar-refractivity contribution >= 4 is 29.2 Å². The van der Waals surface area contributed by atoms with Crippen LogP contribution in [0, 0.1) is 0 Å². The second-order valence-electron chi connectivity index (χ2n) is 6.69. The SMILES string of the molecule is COc1ccc(CC(=O)Nc2ccccc2NC(=O)c2cccc(OC(C)=O)c2)cc1. The van der Waals surface area contributed by atoms with E-state index in [-0.39, 0.29) is 18.1 Å². The first-order valence-corrected chi connectivity index (χ1v) is 9.56. The molecule has 7 heteroatoms. The average molecular weight is 418 g/mol. The van der Waals surface area contributed by atoms with E-state index in [1.54, 1.807) is 61.7 Å². The fourth-order valence-electron chi connectivity index (χ4n) is 2.89. The maximum atomic E-state index is 12.7. The summed E-state index contributed by atoms with van der Waals surface area (Å²) < 4.78 is 10.1. The van der Waals surface area contributed by atoms with Crippen LogP contribution < -0.4 is 20.1 Å².